The van der Waals surface area contributed by atoms with Crippen molar-refractivity contribution >= 4 is 6.09 Å². The largest absolute Gasteiger partial charge is 0.465 e. The molecule has 0 rings (SSSR count). The summed E-state index contributed by atoms with van der Waals surface area (Å²) < 4.78 is 5.27. The van der Waals surface area contributed by atoms with Gasteiger partial charge in [0, 0.05) is 6.54 Å². The number of carboxylic acid groups (broad SMARTS) is 1. The van der Waals surface area contributed by atoms with Crippen LogP contribution in [-0.2, 0) is 4.74 Å². The van der Waals surface area contributed by atoms with Crippen LogP contribution < -0.4 is 5.32 Å². The molecule has 0 heterocycles. The SMILES string of the molecule is CC(C)O[C@@H](C)CNC(=O)O. The quantitative estimate of drug-likeness (QED) is 0.648. The molecule has 2 N–H and O–H groups in total. The predicted octanol–water partition coefficient (Wildman–Crippen LogP) is 1.07. The first kappa shape index (κ1) is 10.2. The topological polar surface area (TPSA) is 58.6 Å². The molecule has 0 aliphatic carbocycles. The number of rotatable bonds is 4. The number of hydrogen-bond acceptors (Lipinski definition) is 2. The zero-order chi connectivity index (χ0) is 8.85. The van der Waals surface area contributed by atoms with Crippen LogP contribution in [-0.4, -0.2) is 30.0 Å². The highest BCUT2D eigenvalue weighted by Crippen LogP contribution is 1.94. The van der Waals surface area contributed by atoms with Crippen molar-refractivity contribution in [2.75, 3.05) is 6.54 Å². The smallest absolute Gasteiger partial charge is 0.404 e. The third-order valence-electron chi connectivity index (χ3n) is 1.05. The third-order valence-corrected chi connectivity index (χ3v) is 1.05. The zero-order valence-corrected chi connectivity index (χ0v) is 7.13. The summed E-state index contributed by atoms with van der Waals surface area (Å²) in [5.41, 5.74) is 0. The molecule has 11 heavy (non-hydrogen) atoms. The Labute approximate surface area is 66.5 Å². The molecule has 0 aromatic carbocycles. The van der Waals surface area contributed by atoms with Crippen LogP contribution >= 0.6 is 0 Å². The van der Waals surface area contributed by atoms with Crippen molar-refractivity contribution in [3.8, 4) is 0 Å². The van der Waals surface area contributed by atoms with Crippen molar-refractivity contribution in [2.45, 2.75) is 33.0 Å². The van der Waals surface area contributed by atoms with E-state index in [1.807, 2.05) is 20.8 Å². The van der Waals surface area contributed by atoms with Gasteiger partial charge in [-0.05, 0) is 20.8 Å². The summed E-state index contributed by atoms with van der Waals surface area (Å²) in [6, 6.07) is 0. The highest BCUT2D eigenvalue weighted by Gasteiger charge is 2.05. The lowest BCUT2D eigenvalue weighted by atomic mass is 10.4. The Balaban J connectivity index is 3.37. The molecule has 0 aromatic heterocycles. The summed E-state index contributed by atoms with van der Waals surface area (Å²) >= 11 is 0. The molecule has 0 saturated carbocycles. The van der Waals surface area contributed by atoms with E-state index >= 15 is 0 Å². The van der Waals surface area contributed by atoms with Crippen molar-refractivity contribution in [1.29, 1.82) is 0 Å². The molecule has 0 saturated heterocycles. The molecule has 0 spiro atoms. The molecule has 4 nitrogen and oxygen atoms in total. The average molecular weight is 161 g/mol. The van der Waals surface area contributed by atoms with E-state index in [9.17, 15) is 4.79 Å². The minimum absolute atomic E-state index is 0.0638. The van der Waals surface area contributed by atoms with E-state index in [4.69, 9.17) is 9.84 Å². The van der Waals surface area contributed by atoms with Gasteiger partial charge in [-0.25, -0.2) is 4.79 Å². The molecule has 1 atom stereocenters. The summed E-state index contributed by atoms with van der Waals surface area (Å²) in [6.45, 7) is 6.00. The van der Waals surface area contributed by atoms with E-state index < -0.39 is 6.09 Å². The van der Waals surface area contributed by atoms with E-state index in [2.05, 4.69) is 5.32 Å². The molecule has 66 valence electrons. The number of nitrogens with one attached hydrogen (secondary N) is 1. The van der Waals surface area contributed by atoms with Gasteiger partial charge in [0.15, 0.2) is 0 Å². The monoisotopic (exact) mass is 161 g/mol. The summed E-state index contributed by atoms with van der Waals surface area (Å²) in [4.78, 5) is 10.0. The van der Waals surface area contributed by atoms with E-state index in [1.165, 1.54) is 0 Å². The van der Waals surface area contributed by atoms with Crippen molar-refractivity contribution in [3.63, 3.8) is 0 Å². The second-order valence-electron chi connectivity index (χ2n) is 2.68. The van der Waals surface area contributed by atoms with Gasteiger partial charge >= 0.3 is 6.09 Å². The maximum atomic E-state index is 10.0. The van der Waals surface area contributed by atoms with E-state index in [1.54, 1.807) is 0 Å². The van der Waals surface area contributed by atoms with E-state index in [0.29, 0.717) is 6.54 Å². The molecule has 0 aliphatic rings. The molecule has 0 fully saturated rings. The fraction of sp³-hybridized carbons (Fsp3) is 0.857. The zero-order valence-electron chi connectivity index (χ0n) is 7.13. The highest BCUT2D eigenvalue weighted by atomic mass is 16.5. The molecule has 4 heteroatoms. The number of amides is 1. The van der Waals surface area contributed by atoms with Crippen LogP contribution in [0.5, 0.6) is 0 Å². The number of hydrogen-bond donors (Lipinski definition) is 2. The fourth-order valence-corrected chi connectivity index (χ4v) is 0.744. The van der Waals surface area contributed by atoms with Crippen molar-refractivity contribution < 1.29 is 14.6 Å². The molecule has 0 unspecified atom stereocenters. The van der Waals surface area contributed by atoms with Gasteiger partial charge in [0.2, 0.25) is 0 Å². The van der Waals surface area contributed by atoms with Gasteiger partial charge in [-0.3, -0.25) is 0 Å². The van der Waals surface area contributed by atoms with Crippen LogP contribution in [0.2, 0.25) is 0 Å². The van der Waals surface area contributed by atoms with Crippen LogP contribution in [0.25, 0.3) is 0 Å². The van der Waals surface area contributed by atoms with E-state index in [0.717, 1.165) is 0 Å². The van der Waals surface area contributed by atoms with Crippen molar-refractivity contribution in [2.24, 2.45) is 0 Å². The number of ether oxygens (including phenoxy) is 1. The van der Waals surface area contributed by atoms with Crippen LogP contribution in [0.15, 0.2) is 0 Å². The Kier molecular flexibility index (Phi) is 4.61. The first-order valence-electron chi connectivity index (χ1n) is 3.64. The van der Waals surface area contributed by atoms with Gasteiger partial charge in [0.1, 0.15) is 0 Å². The molecular formula is C7H15NO3. The van der Waals surface area contributed by atoms with Gasteiger partial charge in [-0.15, -0.1) is 0 Å². The second-order valence-corrected chi connectivity index (χ2v) is 2.68. The minimum atomic E-state index is -1.01. The van der Waals surface area contributed by atoms with Gasteiger partial charge < -0.3 is 15.2 Å². The third kappa shape index (κ3) is 7.12. The lowest BCUT2D eigenvalue weighted by Gasteiger charge is -2.15. The van der Waals surface area contributed by atoms with Crippen LogP contribution in [0.3, 0.4) is 0 Å². The standard InChI is InChI=1S/C7H15NO3/c1-5(2)11-6(3)4-8-7(9)10/h5-6,8H,4H2,1-3H3,(H,9,10)/t6-/m0/s1. The molecule has 0 bridgehead atoms. The molecule has 0 radical (unpaired) electrons. The van der Waals surface area contributed by atoms with Crippen molar-refractivity contribution in [3.05, 3.63) is 0 Å². The van der Waals surface area contributed by atoms with Crippen LogP contribution in [0.4, 0.5) is 4.79 Å². The Bertz CT molecular complexity index is 125. The molecule has 0 aromatic rings. The summed E-state index contributed by atoms with van der Waals surface area (Å²) in [6.07, 6.45) is -0.934. The van der Waals surface area contributed by atoms with Crippen LogP contribution in [0.1, 0.15) is 20.8 Å². The minimum Gasteiger partial charge on any atom is -0.465 e. The predicted molar refractivity (Wildman–Crippen MR) is 41.7 cm³/mol. The summed E-state index contributed by atoms with van der Waals surface area (Å²) in [5, 5.41) is 10.5. The lowest BCUT2D eigenvalue weighted by molar-refractivity contribution is 0.0199. The highest BCUT2D eigenvalue weighted by molar-refractivity contribution is 5.64. The number of carbonyl (C=O) groups is 1. The maximum Gasteiger partial charge on any atom is 0.404 e. The Morgan fingerprint density at radius 2 is 2.09 bits per heavy atom. The van der Waals surface area contributed by atoms with Crippen molar-refractivity contribution in [1.82, 2.24) is 5.32 Å². The first-order valence-corrected chi connectivity index (χ1v) is 3.64. The average Bonchev–Trinajstić information content (AvgIpc) is 1.82. The normalized spacial score (nSPS) is 13.1. The van der Waals surface area contributed by atoms with E-state index in [-0.39, 0.29) is 12.2 Å². The van der Waals surface area contributed by atoms with Gasteiger partial charge in [-0.2, -0.15) is 0 Å². The first-order chi connectivity index (χ1) is 5.02. The fourth-order valence-electron chi connectivity index (χ4n) is 0.744. The van der Waals surface area contributed by atoms with Gasteiger partial charge in [-0.1, -0.05) is 0 Å². The second kappa shape index (κ2) is 4.96. The summed E-state index contributed by atoms with van der Waals surface area (Å²) in [5.74, 6) is 0. The summed E-state index contributed by atoms with van der Waals surface area (Å²) in [7, 11) is 0. The maximum absolute atomic E-state index is 10.0. The molecular weight excluding hydrogens is 146 g/mol. The lowest BCUT2D eigenvalue weighted by Crippen LogP contribution is -2.32. The Morgan fingerprint density at radius 1 is 1.55 bits per heavy atom. The Hall–Kier alpha value is -0.770. The van der Waals surface area contributed by atoms with Gasteiger partial charge in [0.25, 0.3) is 0 Å². The Morgan fingerprint density at radius 3 is 2.45 bits per heavy atom. The molecule has 1 amide bonds. The van der Waals surface area contributed by atoms with Crippen LogP contribution in [0, 0.1) is 0 Å². The van der Waals surface area contributed by atoms with Gasteiger partial charge in [0.05, 0.1) is 12.2 Å². The molecule has 0 aliphatic heterocycles.